The Bertz CT molecular complexity index is 666. The molecule has 2 nitrogen and oxygen atoms in total. The van der Waals surface area contributed by atoms with Gasteiger partial charge in [0.05, 0.1) is 6.10 Å². The van der Waals surface area contributed by atoms with E-state index in [1.54, 1.807) is 5.57 Å². The van der Waals surface area contributed by atoms with E-state index in [1.165, 1.54) is 83.5 Å². The van der Waals surface area contributed by atoms with Gasteiger partial charge in [-0.15, -0.1) is 0 Å². The molecule has 0 saturated heterocycles. The Morgan fingerprint density at radius 3 is 2.40 bits per heavy atom. The Kier molecular flexibility index (Phi) is 10.8. The monoisotopic (exact) mass is 487 g/mol. The smallest absolute Gasteiger partial charge is 0.0577 e. The van der Waals surface area contributed by atoms with Gasteiger partial charge in [-0.05, 0) is 111 Å². The summed E-state index contributed by atoms with van der Waals surface area (Å²) in [4.78, 5) is 0. The number of nitrogens with two attached hydrogens (primary N) is 1. The normalized spacial score (nSPS) is 39.1. The highest BCUT2D eigenvalue weighted by Gasteiger charge is 2.59. The second-order valence-corrected chi connectivity index (χ2v) is 14.0. The van der Waals surface area contributed by atoms with Crippen molar-refractivity contribution in [3.8, 4) is 0 Å². The molecule has 0 aromatic rings. The fourth-order valence-electron chi connectivity index (χ4n) is 9.24. The van der Waals surface area contributed by atoms with Crippen LogP contribution in [0, 0.1) is 46.3 Å². The van der Waals surface area contributed by atoms with E-state index in [2.05, 4.69) is 47.6 Å². The lowest BCUT2D eigenvalue weighted by Gasteiger charge is -2.58. The van der Waals surface area contributed by atoms with Gasteiger partial charge in [-0.25, -0.2) is 0 Å². The molecule has 2 heteroatoms. The summed E-state index contributed by atoms with van der Waals surface area (Å²) in [6.07, 6.45) is 22.3. The molecule has 0 unspecified atom stereocenters. The van der Waals surface area contributed by atoms with Crippen LogP contribution in [0.2, 0.25) is 0 Å². The molecule has 3 fully saturated rings. The average Bonchev–Trinajstić information content (AvgIpc) is 3.17. The van der Waals surface area contributed by atoms with Crippen molar-refractivity contribution in [3.05, 3.63) is 11.6 Å². The van der Waals surface area contributed by atoms with Crippen LogP contribution in [0.15, 0.2) is 11.6 Å². The quantitative estimate of drug-likeness (QED) is 0.252. The van der Waals surface area contributed by atoms with Gasteiger partial charge >= 0.3 is 0 Å². The molecule has 0 bridgehead atoms. The first-order chi connectivity index (χ1) is 16.7. The van der Waals surface area contributed by atoms with Gasteiger partial charge < -0.3 is 10.8 Å². The first-order valence-electron chi connectivity index (χ1n) is 15.7. The van der Waals surface area contributed by atoms with Gasteiger partial charge in [-0.2, -0.15) is 0 Å². The molecule has 4 aliphatic rings. The van der Waals surface area contributed by atoms with Crippen LogP contribution in [0.1, 0.15) is 138 Å². The van der Waals surface area contributed by atoms with E-state index in [0.29, 0.717) is 10.8 Å². The Balaban J connectivity index is 0.000000429. The zero-order chi connectivity index (χ0) is 25.6. The van der Waals surface area contributed by atoms with E-state index < -0.39 is 0 Å². The molecule has 3 N–H and O–H groups in total. The molecular formula is C33H61NO. The van der Waals surface area contributed by atoms with Crippen LogP contribution in [0.3, 0.4) is 0 Å². The number of hydrogen-bond acceptors (Lipinski definition) is 2. The molecule has 0 spiro atoms. The number of aliphatic hydroxyl groups excluding tert-OH is 1. The van der Waals surface area contributed by atoms with Crippen LogP contribution >= 0.6 is 0 Å². The maximum atomic E-state index is 10.2. The first kappa shape index (κ1) is 29.2. The van der Waals surface area contributed by atoms with Crippen molar-refractivity contribution >= 4 is 0 Å². The summed E-state index contributed by atoms with van der Waals surface area (Å²) in [6, 6.07) is 0. The highest BCUT2D eigenvalue weighted by atomic mass is 16.3. The van der Waals surface area contributed by atoms with Crippen molar-refractivity contribution in [2.45, 2.75) is 144 Å². The molecule has 8 atom stereocenters. The van der Waals surface area contributed by atoms with E-state index in [1.807, 2.05) is 0 Å². The summed E-state index contributed by atoms with van der Waals surface area (Å²) in [5, 5.41) is 10.2. The predicted molar refractivity (Wildman–Crippen MR) is 152 cm³/mol. The molecule has 0 aromatic heterocycles. The van der Waals surface area contributed by atoms with Crippen LogP contribution in [0.4, 0.5) is 0 Å². The Morgan fingerprint density at radius 1 is 0.943 bits per heavy atom. The third-order valence-corrected chi connectivity index (χ3v) is 11.3. The lowest BCUT2D eigenvalue weighted by molar-refractivity contribution is -0.0573. The van der Waals surface area contributed by atoms with Gasteiger partial charge in [0.2, 0.25) is 0 Å². The number of unbranched alkanes of at least 4 members (excludes halogenated alkanes) is 3. The topological polar surface area (TPSA) is 46.2 Å². The molecule has 0 amide bonds. The standard InChI is InChI=1S/C27H46O.C6H15N/c1-18(2)7-6-8-19(3)23-11-12-24-22-10-9-20-17-21(28)13-15-26(20,4)25(22)14-16-27(23,24)5;1-2-3-4-5-6-7/h9,18-19,21-25,28H,6-8,10-17H2,1-5H3;2-7H2,1H3/t19-,21+,22+,23-,24+,25+,26+,27-;/m1./s1. The van der Waals surface area contributed by atoms with Crippen LogP contribution in [0.25, 0.3) is 0 Å². The summed E-state index contributed by atoms with van der Waals surface area (Å²) in [7, 11) is 0. The summed E-state index contributed by atoms with van der Waals surface area (Å²) >= 11 is 0. The van der Waals surface area contributed by atoms with Gasteiger partial charge in [-0.1, -0.05) is 91.7 Å². The number of hydrogen-bond donors (Lipinski definition) is 2. The third-order valence-electron chi connectivity index (χ3n) is 11.3. The number of rotatable bonds is 9. The van der Waals surface area contributed by atoms with Crippen LogP contribution < -0.4 is 5.73 Å². The number of aliphatic hydroxyl groups is 1. The highest BCUT2D eigenvalue weighted by molar-refractivity contribution is 5.25. The second kappa shape index (κ2) is 12.9. The molecule has 3 saturated carbocycles. The molecular weight excluding hydrogens is 426 g/mol. The Labute approximate surface area is 219 Å². The minimum absolute atomic E-state index is 0.0766. The van der Waals surface area contributed by atoms with Crippen molar-refractivity contribution in [3.63, 3.8) is 0 Å². The molecule has 0 aliphatic heterocycles. The van der Waals surface area contributed by atoms with E-state index >= 15 is 0 Å². The lowest BCUT2D eigenvalue weighted by Crippen LogP contribution is -2.50. The van der Waals surface area contributed by atoms with E-state index in [4.69, 9.17) is 5.73 Å². The van der Waals surface area contributed by atoms with Crippen molar-refractivity contribution in [2.24, 2.45) is 52.1 Å². The Morgan fingerprint density at radius 2 is 1.71 bits per heavy atom. The maximum absolute atomic E-state index is 10.2. The highest BCUT2D eigenvalue weighted by Crippen LogP contribution is 2.67. The van der Waals surface area contributed by atoms with Crippen molar-refractivity contribution in [2.75, 3.05) is 6.54 Å². The van der Waals surface area contributed by atoms with Crippen molar-refractivity contribution in [1.29, 1.82) is 0 Å². The maximum Gasteiger partial charge on any atom is 0.0577 e. The predicted octanol–water partition coefficient (Wildman–Crippen LogP) is 8.91. The lowest BCUT2D eigenvalue weighted by atomic mass is 9.47. The van der Waals surface area contributed by atoms with Crippen molar-refractivity contribution in [1.82, 2.24) is 0 Å². The van der Waals surface area contributed by atoms with Crippen LogP contribution in [-0.4, -0.2) is 17.8 Å². The van der Waals surface area contributed by atoms with Gasteiger partial charge in [0.15, 0.2) is 0 Å². The van der Waals surface area contributed by atoms with Gasteiger partial charge in [0.25, 0.3) is 0 Å². The van der Waals surface area contributed by atoms with Crippen LogP contribution in [-0.2, 0) is 0 Å². The largest absolute Gasteiger partial charge is 0.393 e. The van der Waals surface area contributed by atoms with E-state index in [9.17, 15) is 5.11 Å². The van der Waals surface area contributed by atoms with Crippen molar-refractivity contribution < 1.29 is 5.11 Å². The SMILES string of the molecule is CC(C)CCC[C@@H](C)[C@H]1CC[C@H]2[C@@H]3CC=C4C[C@@H](O)CC[C@]4(C)[C@H]3CC[C@]12C.CCCCCCN. The molecule has 0 aromatic carbocycles. The first-order valence-corrected chi connectivity index (χ1v) is 15.7. The van der Waals surface area contributed by atoms with Gasteiger partial charge in [-0.3, -0.25) is 0 Å². The molecule has 204 valence electrons. The second-order valence-electron chi connectivity index (χ2n) is 14.0. The molecule has 4 aliphatic carbocycles. The fraction of sp³-hybridized carbons (Fsp3) is 0.939. The summed E-state index contributed by atoms with van der Waals surface area (Å²) in [5.74, 6) is 5.46. The summed E-state index contributed by atoms with van der Waals surface area (Å²) in [5.41, 5.74) is 7.87. The molecule has 4 rings (SSSR count). The minimum atomic E-state index is -0.0766. The summed E-state index contributed by atoms with van der Waals surface area (Å²) < 4.78 is 0. The number of allylic oxidation sites excluding steroid dienone is 1. The number of fused-ring (bicyclic) bond motifs is 5. The molecule has 35 heavy (non-hydrogen) atoms. The van der Waals surface area contributed by atoms with E-state index in [0.717, 1.165) is 54.9 Å². The third kappa shape index (κ3) is 6.57. The van der Waals surface area contributed by atoms with Gasteiger partial charge in [0.1, 0.15) is 0 Å². The van der Waals surface area contributed by atoms with Crippen LogP contribution in [0.5, 0.6) is 0 Å². The van der Waals surface area contributed by atoms with Gasteiger partial charge in [0, 0.05) is 0 Å². The fourth-order valence-corrected chi connectivity index (χ4v) is 9.24. The summed E-state index contributed by atoms with van der Waals surface area (Å²) in [6.45, 7) is 15.6. The average molecular weight is 488 g/mol. The minimum Gasteiger partial charge on any atom is -0.393 e. The zero-order valence-corrected chi connectivity index (χ0v) is 24.5. The molecule has 0 heterocycles. The van der Waals surface area contributed by atoms with E-state index in [-0.39, 0.29) is 6.10 Å². The molecule has 0 radical (unpaired) electrons. The Hall–Kier alpha value is -0.340. The zero-order valence-electron chi connectivity index (χ0n) is 24.5.